The van der Waals surface area contributed by atoms with Crippen LogP contribution in [-0.4, -0.2) is 70.0 Å². The van der Waals surface area contributed by atoms with Crippen molar-refractivity contribution in [3.63, 3.8) is 0 Å². The fraction of sp³-hybridized carbons (Fsp3) is 0.600. The zero-order valence-electron chi connectivity index (χ0n) is 38.1. The first kappa shape index (κ1) is 56.7. The number of hydrogen-bond donors (Lipinski definition) is 0. The monoisotopic (exact) mass is 856 g/mol. The zero-order valence-corrected chi connectivity index (χ0v) is 39.0. The molecule has 0 aliphatic rings. The van der Waals surface area contributed by atoms with Gasteiger partial charge in [0.2, 0.25) is 0 Å². The summed E-state index contributed by atoms with van der Waals surface area (Å²) in [6.45, 7) is 3.87. The van der Waals surface area contributed by atoms with E-state index in [1.807, 2.05) is 33.3 Å². The number of rotatable bonds is 39. The highest BCUT2D eigenvalue weighted by Crippen LogP contribution is 2.38. The summed E-state index contributed by atoms with van der Waals surface area (Å²) in [6.07, 6.45) is 55.7. The summed E-state index contributed by atoms with van der Waals surface area (Å²) in [5.74, 6) is -0.955. The van der Waals surface area contributed by atoms with Gasteiger partial charge in [0.25, 0.3) is 7.82 Å². The van der Waals surface area contributed by atoms with Crippen molar-refractivity contribution in [3.05, 3.63) is 109 Å². The van der Waals surface area contributed by atoms with Crippen molar-refractivity contribution in [2.75, 3.05) is 47.5 Å². The lowest BCUT2D eigenvalue weighted by Gasteiger charge is -2.28. The summed E-state index contributed by atoms with van der Waals surface area (Å²) in [6, 6.07) is 0. The van der Waals surface area contributed by atoms with E-state index in [4.69, 9.17) is 18.5 Å². The van der Waals surface area contributed by atoms with Crippen LogP contribution in [0.1, 0.15) is 142 Å². The quantitative estimate of drug-likeness (QED) is 0.0198. The Morgan fingerprint density at radius 1 is 0.517 bits per heavy atom. The van der Waals surface area contributed by atoms with E-state index in [0.29, 0.717) is 23.9 Å². The van der Waals surface area contributed by atoms with E-state index in [9.17, 15) is 19.0 Å². The fourth-order valence-electron chi connectivity index (χ4n) is 5.34. The van der Waals surface area contributed by atoms with E-state index < -0.39 is 32.5 Å². The van der Waals surface area contributed by atoms with Crippen molar-refractivity contribution in [3.8, 4) is 0 Å². The Bertz CT molecular complexity index is 1380. The minimum Gasteiger partial charge on any atom is -0.756 e. The summed E-state index contributed by atoms with van der Waals surface area (Å²) < 4.78 is 33.8. The van der Waals surface area contributed by atoms with Crippen LogP contribution in [0.15, 0.2) is 109 Å². The van der Waals surface area contributed by atoms with Crippen LogP contribution in [0.25, 0.3) is 0 Å². The number of ether oxygens (including phenoxy) is 2. The Morgan fingerprint density at radius 3 is 1.40 bits per heavy atom. The van der Waals surface area contributed by atoms with Crippen molar-refractivity contribution >= 4 is 19.8 Å². The van der Waals surface area contributed by atoms with E-state index in [0.717, 1.165) is 89.9 Å². The first-order chi connectivity index (χ1) is 29.0. The SMILES string of the molecule is CC/C=C\C/C=C\C/C=C\C/C=C\C/C=C\CCCCCCCCCC(=O)OC(COC(=O)CC/C=C\C/C=C\C/C=C\C/C=C\CC)COP(=O)([O-])OCC[N+](C)(C)C. The smallest absolute Gasteiger partial charge is 0.306 e. The summed E-state index contributed by atoms with van der Waals surface area (Å²) in [4.78, 5) is 37.5. The van der Waals surface area contributed by atoms with Gasteiger partial charge in [-0.2, -0.15) is 0 Å². The number of likely N-dealkylation sites (N-methyl/N-ethyl adjacent to an activating group) is 1. The highest BCUT2D eigenvalue weighted by Gasteiger charge is 2.21. The van der Waals surface area contributed by atoms with Gasteiger partial charge in [-0.1, -0.05) is 155 Å². The molecule has 0 aromatic heterocycles. The van der Waals surface area contributed by atoms with Crippen molar-refractivity contribution < 1.29 is 42.1 Å². The molecule has 0 aliphatic carbocycles. The van der Waals surface area contributed by atoms with Crippen LogP contribution in [-0.2, 0) is 32.7 Å². The number of allylic oxidation sites excluding steroid dienone is 18. The van der Waals surface area contributed by atoms with Crippen LogP contribution in [0.4, 0.5) is 0 Å². The van der Waals surface area contributed by atoms with E-state index in [1.165, 1.54) is 12.8 Å². The Hall–Kier alpha value is -3.33. The molecule has 0 rings (SSSR count). The molecule has 0 N–H and O–H groups in total. The van der Waals surface area contributed by atoms with Crippen LogP contribution in [0.5, 0.6) is 0 Å². The Balaban J connectivity index is 4.42. The van der Waals surface area contributed by atoms with Crippen LogP contribution < -0.4 is 4.89 Å². The molecule has 0 saturated heterocycles. The Labute approximate surface area is 366 Å². The number of carbonyl (C=O) groups is 2. The third-order valence-corrected chi connectivity index (χ3v) is 9.77. The molecule has 60 heavy (non-hydrogen) atoms. The number of phosphoric ester groups is 1. The molecule has 2 unspecified atom stereocenters. The van der Waals surface area contributed by atoms with Gasteiger partial charge >= 0.3 is 11.9 Å². The molecule has 0 aromatic carbocycles. The topological polar surface area (TPSA) is 111 Å². The first-order valence-corrected chi connectivity index (χ1v) is 24.1. The van der Waals surface area contributed by atoms with Gasteiger partial charge in [0, 0.05) is 12.8 Å². The number of nitrogens with zero attached hydrogens (tertiary/aromatic N) is 1. The minimum atomic E-state index is -4.65. The summed E-state index contributed by atoms with van der Waals surface area (Å²) in [7, 11) is 1.10. The second-order valence-corrected chi connectivity index (χ2v) is 17.1. The van der Waals surface area contributed by atoms with Gasteiger partial charge in [0.1, 0.15) is 19.8 Å². The number of unbranched alkanes of at least 4 members (excludes halogenated alkanes) is 7. The third kappa shape index (κ3) is 44.2. The molecular weight excluding hydrogens is 774 g/mol. The third-order valence-electron chi connectivity index (χ3n) is 8.80. The highest BCUT2D eigenvalue weighted by atomic mass is 31.2. The van der Waals surface area contributed by atoms with Gasteiger partial charge in [-0.3, -0.25) is 14.2 Å². The standard InChI is InChI=1S/C50H82NO8P/c1-6-8-10-12-14-16-18-20-21-22-23-24-25-26-27-28-29-31-33-35-37-39-41-43-50(53)59-48(47-58-60(54,55)57-45-44-51(3,4)5)46-56-49(52)42-40-38-36-34-32-30-19-17-15-13-11-9-7-2/h8-11,14-17,20-21,23-24,26-27,30,32,36,38,48H,6-7,12-13,18-19,22,25,28-29,31,33-35,37,39-47H2,1-5H3/b10-8-,11-9-,16-14-,17-15-,21-20-,24-23-,27-26-,32-30-,38-36-. The van der Waals surface area contributed by atoms with Gasteiger partial charge < -0.3 is 27.9 Å². The average molecular weight is 856 g/mol. The van der Waals surface area contributed by atoms with Crippen molar-refractivity contribution in [2.45, 2.75) is 148 Å². The molecule has 0 saturated carbocycles. The summed E-state index contributed by atoms with van der Waals surface area (Å²) in [5.41, 5.74) is 0. The maximum absolute atomic E-state index is 12.7. The summed E-state index contributed by atoms with van der Waals surface area (Å²) in [5, 5.41) is 0. The summed E-state index contributed by atoms with van der Waals surface area (Å²) >= 11 is 0. The minimum absolute atomic E-state index is 0.0503. The normalized spacial score (nSPS) is 14.6. The van der Waals surface area contributed by atoms with Crippen molar-refractivity contribution in [1.29, 1.82) is 0 Å². The van der Waals surface area contributed by atoms with Gasteiger partial charge in [-0.15, -0.1) is 0 Å². The number of carbonyl (C=O) groups excluding carboxylic acids is 2. The second kappa shape index (κ2) is 41.0. The lowest BCUT2D eigenvalue weighted by atomic mass is 10.1. The van der Waals surface area contributed by atoms with E-state index in [1.54, 1.807) is 0 Å². The molecule has 0 radical (unpaired) electrons. The molecule has 10 heteroatoms. The maximum Gasteiger partial charge on any atom is 0.306 e. The highest BCUT2D eigenvalue weighted by molar-refractivity contribution is 7.45. The molecule has 0 spiro atoms. The zero-order chi connectivity index (χ0) is 44.3. The van der Waals surface area contributed by atoms with E-state index in [-0.39, 0.29) is 26.1 Å². The first-order valence-electron chi connectivity index (χ1n) is 22.6. The molecule has 0 fully saturated rings. The predicted octanol–water partition coefficient (Wildman–Crippen LogP) is 12.5. The van der Waals surface area contributed by atoms with Crippen molar-refractivity contribution in [1.82, 2.24) is 0 Å². The van der Waals surface area contributed by atoms with Crippen LogP contribution in [0.3, 0.4) is 0 Å². The maximum atomic E-state index is 12.7. The number of phosphoric acid groups is 1. The van der Waals surface area contributed by atoms with Crippen LogP contribution in [0.2, 0.25) is 0 Å². The van der Waals surface area contributed by atoms with Gasteiger partial charge in [0.15, 0.2) is 6.10 Å². The van der Waals surface area contributed by atoms with Crippen molar-refractivity contribution in [2.24, 2.45) is 0 Å². The van der Waals surface area contributed by atoms with E-state index in [2.05, 4.69) is 111 Å². The van der Waals surface area contributed by atoms with Gasteiger partial charge in [-0.25, -0.2) is 0 Å². The van der Waals surface area contributed by atoms with Crippen LogP contribution in [0, 0.1) is 0 Å². The lowest BCUT2D eigenvalue weighted by Crippen LogP contribution is -2.37. The number of esters is 2. The lowest BCUT2D eigenvalue weighted by molar-refractivity contribution is -0.870. The molecule has 0 aliphatic heterocycles. The largest absolute Gasteiger partial charge is 0.756 e. The second-order valence-electron chi connectivity index (χ2n) is 15.6. The number of quaternary nitrogens is 1. The fourth-order valence-corrected chi connectivity index (χ4v) is 6.07. The Morgan fingerprint density at radius 2 is 0.933 bits per heavy atom. The van der Waals surface area contributed by atoms with Gasteiger partial charge in [-0.05, 0) is 83.5 Å². The molecular formula is C50H82NO8P. The molecule has 0 bridgehead atoms. The van der Waals surface area contributed by atoms with Gasteiger partial charge in [0.05, 0.1) is 27.7 Å². The Kier molecular flexibility index (Phi) is 38.8. The number of hydrogen-bond acceptors (Lipinski definition) is 8. The molecule has 0 aromatic rings. The average Bonchev–Trinajstić information content (AvgIpc) is 3.20. The molecule has 0 heterocycles. The molecule has 2 atom stereocenters. The molecule has 9 nitrogen and oxygen atoms in total. The predicted molar refractivity (Wildman–Crippen MR) is 249 cm³/mol. The van der Waals surface area contributed by atoms with Crippen LogP contribution >= 0.6 is 7.82 Å². The van der Waals surface area contributed by atoms with E-state index >= 15 is 0 Å². The molecule has 340 valence electrons. The molecule has 0 amide bonds.